The van der Waals surface area contributed by atoms with Crippen LogP contribution in [0.15, 0.2) is 72.1 Å². The van der Waals surface area contributed by atoms with E-state index >= 15 is 4.39 Å². The Morgan fingerprint density at radius 1 is 1.20 bits per heavy atom. The van der Waals surface area contributed by atoms with E-state index in [4.69, 9.17) is 23.2 Å². The number of carbonyl (C=O) groups is 3. The van der Waals surface area contributed by atoms with Crippen LogP contribution in [0.2, 0.25) is 5.02 Å². The minimum Gasteiger partial charge on any atom is -0.478 e. The van der Waals surface area contributed by atoms with Crippen LogP contribution in [-0.4, -0.2) is 53.3 Å². The Balaban J connectivity index is 1.49. The van der Waals surface area contributed by atoms with Crippen LogP contribution in [0.25, 0.3) is 0 Å². The van der Waals surface area contributed by atoms with Crippen LogP contribution in [0.3, 0.4) is 0 Å². The molecule has 2 aromatic carbocycles. The summed E-state index contributed by atoms with van der Waals surface area (Å²) in [5.41, 5.74) is -1.61. The average Bonchev–Trinajstić information content (AvgIpc) is 3.56. The number of carbonyl (C=O) groups excluding carboxylic acids is 2. The molecule has 6 rings (SSSR count). The molecule has 0 radical (unpaired) electrons. The van der Waals surface area contributed by atoms with Gasteiger partial charge in [-0.05, 0) is 55.2 Å². The van der Waals surface area contributed by atoms with Crippen molar-refractivity contribution in [2.45, 2.75) is 30.8 Å². The Hall–Kier alpha value is -3.87. The lowest BCUT2D eigenvalue weighted by atomic mass is 9.74. The van der Waals surface area contributed by atoms with Crippen molar-refractivity contribution in [1.29, 1.82) is 0 Å². The smallest absolute Gasteiger partial charge is 0.478 e. The summed E-state index contributed by atoms with van der Waals surface area (Å²) < 4.78 is 60.1. The highest BCUT2D eigenvalue weighted by Gasteiger charge is 2.71. The quantitative estimate of drug-likeness (QED) is 0.243. The Bertz CT molecular complexity index is 1690. The summed E-state index contributed by atoms with van der Waals surface area (Å²) in [5.74, 6) is -6.93. The highest BCUT2D eigenvalue weighted by molar-refractivity contribution is 6.31. The standard InChI is InChI=1S/C31H25Cl2F4N3O5/c1-15(32)3-2-4-21(34)26-25-23(14-39(27(25)41)18-8-9-19(28(42)43)24(12-18)45-31(35,36)37)40(13-16-5-6-16)30(26)20-10-7-17(33)11-22(20)38-29(30)44/h2-4,7-12,16,23,25-26H,1,5-6,13-14H2,(H,38,44)(H,42,43)/b3-2-,21-4-/t23-,25+,26-,30+/m0/s1. The van der Waals surface area contributed by atoms with Gasteiger partial charge in [-0.25, -0.2) is 9.18 Å². The zero-order valence-corrected chi connectivity index (χ0v) is 24.8. The molecular formula is C31H25Cl2F4N3O5. The maximum Gasteiger partial charge on any atom is 0.573 e. The summed E-state index contributed by atoms with van der Waals surface area (Å²) in [6.45, 7) is 3.79. The molecule has 45 heavy (non-hydrogen) atoms. The van der Waals surface area contributed by atoms with Crippen LogP contribution >= 0.6 is 23.2 Å². The maximum absolute atomic E-state index is 16.6. The predicted octanol–water partition coefficient (Wildman–Crippen LogP) is 6.62. The molecule has 0 unspecified atom stereocenters. The molecule has 0 aromatic heterocycles. The Kier molecular flexibility index (Phi) is 7.73. The van der Waals surface area contributed by atoms with Gasteiger partial charge >= 0.3 is 12.3 Å². The van der Waals surface area contributed by atoms with Crippen LogP contribution in [0.4, 0.5) is 28.9 Å². The number of carboxylic acids is 1. The van der Waals surface area contributed by atoms with Gasteiger partial charge < -0.3 is 20.1 Å². The molecule has 4 atom stereocenters. The largest absolute Gasteiger partial charge is 0.573 e. The van der Waals surface area contributed by atoms with Gasteiger partial charge in [-0.1, -0.05) is 41.9 Å². The Morgan fingerprint density at radius 2 is 1.93 bits per heavy atom. The molecule has 1 spiro atoms. The second-order valence-electron chi connectivity index (χ2n) is 11.4. The van der Waals surface area contributed by atoms with Gasteiger partial charge in [-0.2, -0.15) is 0 Å². The molecule has 3 fully saturated rings. The van der Waals surface area contributed by atoms with E-state index in [1.54, 1.807) is 18.2 Å². The molecule has 236 valence electrons. The van der Waals surface area contributed by atoms with Crippen molar-refractivity contribution in [3.8, 4) is 5.75 Å². The molecule has 8 nitrogen and oxygen atoms in total. The SMILES string of the molecule is C=C(Cl)/C=C\C=C(/F)[C@H]1[C@@H]2C(=O)N(c3ccc(C(=O)O)c(OC(F)(F)F)c3)C[C@@H]2N(CC2CC2)[C@@]12C(=O)Nc1cc(Cl)ccc12. The number of alkyl halides is 3. The van der Waals surface area contributed by atoms with E-state index in [0.717, 1.165) is 31.1 Å². The molecule has 2 N–H and O–H groups in total. The van der Waals surface area contributed by atoms with Crippen molar-refractivity contribution in [3.05, 3.63) is 88.2 Å². The number of carboxylic acid groups (broad SMARTS) is 1. The number of hydrogen-bond donors (Lipinski definition) is 2. The Morgan fingerprint density at radius 3 is 2.58 bits per heavy atom. The summed E-state index contributed by atoms with van der Waals surface area (Å²) in [5, 5.41) is 12.7. The van der Waals surface area contributed by atoms with E-state index in [1.165, 1.54) is 23.1 Å². The third-order valence-electron chi connectivity index (χ3n) is 8.70. The highest BCUT2D eigenvalue weighted by Crippen LogP contribution is 2.61. The highest BCUT2D eigenvalue weighted by atomic mass is 35.5. The van der Waals surface area contributed by atoms with Gasteiger partial charge in [0.2, 0.25) is 11.8 Å². The van der Waals surface area contributed by atoms with Gasteiger partial charge in [0.25, 0.3) is 0 Å². The van der Waals surface area contributed by atoms with Gasteiger partial charge in [0.15, 0.2) is 0 Å². The van der Waals surface area contributed by atoms with E-state index in [9.17, 15) is 32.7 Å². The van der Waals surface area contributed by atoms with E-state index in [1.807, 2.05) is 4.90 Å². The molecule has 4 aliphatic rings. The van der Waals surface area contributed by atoms with E-state index in [2.05, 4.69) is 16.6 Å². The molecule has 3 heterocycles. The third kappa shape index (κ3) is 5.38. The number of likely N-dealkylation sites (tertiary alicyclic amines) is 1. The van der Waals surface area contributed by atoms with Crippen molar-refractivity contribution >= 4 is 52.4 Å². The number of allylic oxidation sites excluding steroid dienone is 4. The first-order chi connectivity index (χ1) is 21.2. The number of halogens is 6. The summed E-state index contributed by atoms with van der Waals surface area (Å²) in [4.78, 5) is 43.0. The number of fused-ring (bicyclic) bond motifs is 3. The zero-order chi connectivity index (χ0) is 32.4. The number of nitrogens with zero attached hydrogens (tertiary/aromatic N) is 2. The van der Waals surface area contributed by atoms with Crippen molar-refractivity contribution in [2.75, 3.05) is 23.3 Å². The van der Waals surface area contributed by atoms with Gasteiger partial charge in [0.1, 0.15) is 22.7 Å². The summed E-state index contributed by atoms with van der Waals surface area (Å²) >= 11 is 12.0. The zero-order valence-electron chi connectivity index (χ0n) is 23.3. The fraction of sp³-hybridized carbons (Fsp3) is 0.323. The first-order valence-corrected chi connectivity index (χ1v) is 14.7. The van der Waals surface area contributed by atoms with E-state index in [0.29, 0.717) is 22.8 Å². The number of ether oxygens (including phenoxy) is 1. The molecular weight excluding hydrogens is 641 g/mol. The molecule has 2 aromatic rings. The summed E-state index contributed by atoms with van der Waals surface area (Å²) in [7, 11) is 0. The van der Waals surface area contributed by atoms with E-state index in [-0.39, 0.29) is 23.2 Å². The van der Waals surface area contributed by atoms with Crippen LogP contribution in [0, 0.1) is 17.8 Å². The molecule has 2 amide bonds. The fourth-order valence-corrected chi connectivity index (χ4v) is 7.10. The van der Waals surface area contributed by atoms with E-state index < -0.39 is 64.7 Å². The molecule has 0 bridgehead atoms. The molecule has 1 saturated carbocycles. The number of nitrogens with one attached hydrogen (secondary N) is 1. The minimum absolute atomic E-state index is 0.0661. The predicted molar refractivity (Wildman–Crippen MR) is 158 cm³/mol. The lowest BCUT2D eigenvalue weighted by molar-refractivity contribution is -0.274. The molecule has 2 saturated heterocycles. The number of aromatic carboxylic acids is 1. The normalized spacial score (nSPS) is 26.5. The van der Waals surface area contributed by atoms with Crippen molar-refractivity contribution in [2.24, 2.45) is 17.8 Å². The van der Waals surface area contributed by atoms with Crippen molar-refractivity contribution in [3.63, 3.8) is 0 Å². The maximum atomic E-state index is 16.6. The first kappa shape index (κ1) is 31.1. The average molecular weight is 666 g/mol. The van der Waals surface area contributed by atoms with Crippen molar-refractivity contribution in [1.82, 2.24) is 4.90 Å². The lowest BCUT2D eigenvalue weighted by Gasteiger charge is -2.40. The number of rotatable bonds is 8. The number of benzene rings is 2. The fourth-order valence-electron chi connectivity index (χ4n) is 6.85. The lowest BCUT2D eigenvalue weighted by Crippen LogP contribution is -2.55. The number of anilines is 2. The first-order valence-electron chi connectivity index (χ1n) is 13.9. The Labute approximate surface area is 264 Å². The second-order valence-corrected chi connectivity index (χ2v) is 12.3. The van der Waals surface area contributed by atoms with Crippen LogP contribution in [0.5, 0.6) is 5.75 Å². The van der Waals surface area contributed by atoms with Crippen molar-refractivity contribution < 1.29 is 41.8 Å². The summed E-state index contributed by atoms with van der Waals surface area (Å²) in [6, 6.07) is 6.98. The van der Waals surface area contributed by atoms with Gasteiger partial charge in [-0.15, -0.1) is 13.2 Å². The monoisotopic (exact) mass is 665 g/mol. The van der Waals surface area contributed by atoms with Crippen LogP contribution in [0.1, 0.15) is 28.8 Å². The molecule has 1 aliphatic carbocycles. The molecule has 3 aliphatic heterocycles. The minimum atomic E-state index is -5.20. The number of hydrogen-bond acceptors (Lipinski definition) is 5. The third-order valence-corrected chi connectivity index (χ3v) is 9.06. The van der Waals surface area contributed by atoms with Gasteiger partial charge in [-0.3, -0.25) is 14.5 Å². The topological polar surface area (TPSA) is 99.2 Å². The summed E-state index contributed by atoms with van der Waals surface area (Å²) in [6.07, 6.45) is 0.319. The second kappa shape index (κ2) is 11.2. The van der Waals surface area contributed by atoms with Crippen LogP contribution in [-0.2, 0) is 15.1 Å². The van der Waals surface area contributed by atoms with Gasteiger partial charge in [0.05, 0.1) is 11.8 Å². The molecule has 14 heteroatoms. The number of amides is 2. The van der Waals surface area contributed by atoms with Gasteiger partial charge in [0, 0.05) is 52.2 Å². The van der Waals surface area contributed by atoms with Crippen LogP contribution < -0.4 is 15.0 Å².